The summed E-state index contributed by atoms with van der Waals surface area (Å²) < 4.78 is 0. The third kappa shape index (κ3) is 8.13. The zero-order valence-electron chi connectivity index (χ0n) is 10.0. The highest BCUT2D eigenvalue weighted by Gasteiger charge is 2.03. The van der Waals surface area contributed by atoms with Crippen LogP contribution in [0.1, 0.15) is 59.3 Å². The summed E-state index contributed by atoms with van der Waals surface area (Å²) in [6, 6.07) is 0.726. The SMILES string of the molecule is CC#CCCCCC(CC)NCCC. The van der Waals surface area contributed by atoms with Crippen LogP contribution < -0.4 is 5.32 Å². The van der Waals surface area contributed by atoms with E-state index in [1.165, 1.54) is 32.1 Å². The van der Waals surface area contributed by atoms with Crippen molar-refractivity contribution in [3.63, 3.8) is 0 Å². The van der Waals surface area contributed by atoms with Crippen LogP contribution in [0, 0.1) is 11.8 Å². The number of hydrogen-bond acceptors (Lipinski definition) is 1. The predicted octanol–water partition coefficient (Wildman–Crippen LogP) is 3.35. The normalized spacial score (nSPS) is 11.9. The molecule has 0 aliphatic rings. The van der Waals surface area contributed by atoms with Crippen molar-refractivity contribution in [3.05, 3.63) is 0 Å². The molecular formula is C13H25N. The van der Waals surface area contributed by atoms with Crippen molar-refractivity contribution in [2.75, 3.05) is 6.54 Å². The molecule has 0 amide bonds. The summed E-state index contributed by atoms with van der Waals surface area (Å²) in [4.78, 5) is 0. The van der Waals surface area contributed by atoms with Gasteiger partial charge in [0.15, 0.2) is 0 Å². The maximum absolute atomic E-state index is 3.57. The molecule has 0 heterocycles. The van der Waals surface area contributed by atoms with Crippen LogP contribution in [-0.4, -0.2) is 12.6 Å². The molecular weight excluding hydrogens is 170 g/mol. The second kappa shape index (κ2) is 10.6. The van der Waals surface area contributed by atoms with Gasteiger partial charge in [-0.15, -0.1) is 11.8 Å². The standard InChI is InChI=1S/C13H25N/c1-4-7-8-9-10-11-13(6-3)14-12-5-2/h13-14H,5-6,8-12H2,1-3H3. The van der Waals surface area contributed by atoms with E-state index in [1.54, 1.807) is 0 Å². The van der Waals surface area contributed by atoms with E-state index in [0.29, 0.717) is 0 Å². The lowest BCUT2D eigenvalue weighted by Gasteiger charge is -2.15. The Morgan fingerprint density at radius 1 is 1.21 bits per heavy atom. The molecule has 0 saturated heterocycles. The van der Waals surface area contributed by atoms with Gasteiger partial charge < -0.3 is 5.32 Å². The van der Waals surface area contributed by atoms with Crippen LogP contribution >= 0.6 is 0 Å². The molecule has 14 heavy (non-hydrogen) atoms. The Bertz CT molecular complexity index is 164. The molecule has 1 nitrogen and oxygen atoms in total. The predicted molar refractivity (Wildman–Crippen MR) is 64.3 cm³/mol. The quantitative estimate of drug-likeness (QED) is 0.462. The largest absolute Gasteiger partial charge is 0.314 e. The molecule has 1 unspecified atom stereocenters. The van der Waals surface area contributed by atoms with Crippen molar-refractivity contribution in [3.8, 4) is 11.8 Å². The summed E-state index contributed by atoms with van der Waals surface area (Å²) in [6.07, 6.45) is 7.43. The number of hydrogen-bond donors (Lipinski definition) is 1. The molecule has 0 rings (SSSR count). The van der Waals surface area contributed by atoms with Crippen LogP contribution in [-0.2, 0) is 0 Å². The van der Waals surface area contributed by atoms with E-state index in [4.69, 9.17) is 0 Å². The van der Waals surface area contributed by atoms with E-state index in [2.05, 4.69) is 31.0 Å². The van der Waals surface area contributed by atoms with E-state index in [0.717, 1.165) is 19.0 Å². The average Bonchev–Trinajstić information content (AvgIpc) is 2.22. The van der Waals surface area contributed by atoms with Gasteiger partial charge in [0.1, 0.15) is 0 Å². The molecule has 0 aromatic rings. The highest BCUT2D eigenvalue weighted by Crippen LogP contribution is 2.06. The zero-order chi connectivity index (χ0) is 10.6. The van der Waals surface area contributed by atoms with Gasteiger partial charge in [-0.3, -0.25) is 0 Å². The fourth-order valence-electron chi connectivity index (χ4n) is 1.53. The highest BCUT2D eigenvalue weighted by molar-refractivity contribution is 4.94. The Kier molecular flexibility index (Phi) is 10.2. The Balaban J connectivity index is 3.35. The Hall–Kier alpha value is -0.480. The first-order valence-corrected chi connectivity index (χ1v) is 5.98. The van der Waals surface area contributed by atoms with E-state index in [9.17, 15) is 0 Å². The molecule has 0 saturated carbocycles. The third-order valence-electron chi connectivity index (χ3n) is 2.46. The van der Waals surface area contributed by atoms with Gasteiger partial charge in [-0.05, 0) is 39.2 Å². The van der Waals surface area contributed by atoms with Crippen molar-refractivity contribution in [1.29, 1.82) is 0 Å². The van der Waals surface area contributed by atoms with E-state index in [-0.39, 0.29) is 0 Å². The Morgan fingerprint density at radius 2 is 2.00 bits per heavy atom. The molecule has 0 spiro atoms. The van der Waals surface area contributed by atoms with Crippen molar-refractivity contribution in [2.24, 2.45) is 0 Å². The van der Waals surface area contributed by atoms with Crippen molar-refractivity contribution in [1.82, 2.24) is 5.32 Å². The molecule has 1 heteroatoms. The smallest absolute Gasteiger partial charge is 0.00885 e. The number of nitrogens with one attached hydrogen (secondary N) is 1. The summed E-state index contributed by atoms with van der Waals surface area (Å²) in [5, 5.41) is 3.57. The van der Waals surface area contributed by atoms with Crippen LogP contribution in [0.15, 0.2) is 0 Å². The second-order valence-corrected chi connectivity index (χ2v) is 3.73. The van der Waals surface area contributed by atoms with Crippen molar-refractivity contribution < 1.29 is 0 Å². The monoisotopic (exact) mass is 195 g/mol. The summed E-state index contributed by atoms with van der Waals surface area (Å²) in [5.74, 6) is 6.05. The van der Waals surface area contributed by atoms with Crippen molar-refractivity contribution >= 4 is 0 Å². The van der Waals surface area contributed by atoms with Gasteiger partial charge in [0, 0.05) is 12.5 Å². The third-order valence-corrected chi connectivity index (χ3v) is 2.46. The zero-order valence-corrected chi connectivity index (χ0v) is 10.0. The lowest BCUT2D eigenvalue weighted by atomic mass is 10.1. The van der Waals surface area contributed by atoms with Gasteiger partial charge in [-0.1, -0.05) is 20.3 Å². The first-order chi connectivity index (χ1) is 6.85. The minimum absolute atomic E-state index is 0.726. The summed E-state index contributed by atoms with van der Waals surface area (Å²) in [5.41, 5.74) is 0. The minimum atomic E-state index is 0.726. The molecule has 0 aromatic carbocycles. The van der Waals surface area contributed by atoms with Gasteiger partial charge in [0.2, 0.25) is 0 Å². The Labute approximate surface area is 89.7 Å². The van der Waals surface area contributed by atoms with Gasteiger partial charge >= 0.3 is 0 Å². The van der Waals surface area contributed by atoms with Crippen LogP contribution in [0.2, 0.25) is 0 Å². The van der Waals surface area contributed by atoms with Crippen LogP contribution in [0.5, 0.6) is 0 Å². The van der Waals surface area contributed by atoms with Crippen molar-refractivity contribution in [2.45, 2.75) is 65.3 Å². The topological polar surface area (TPSA) is 12.0 Å². The first kappa shape index (κ1) is 13.5. The van der Waals surface area contributed by atoms with Crippen LogP contribution in [0.4, 0.5) is 0 Å². The van der Waals surface area contributed by atoms with Crippen LogP contribution in [0.3, 0.4) is 0 Å². The van der Waals surface area contributed by atoms with Gasteiger partial charge in [0.05, 0.1) is 0 Å². The lowest BCUT2D eigenvalue weighted by molar-refractivity contribution is 0.451. The van der Waals surface area contributed by atoms with Gasteiger partial charge in [0.25, 0.3) is 0 Å². The van der Waals surface area contributed by atoms with E-state index in [1.807, 2.05) is 6.92 Å². The molecule has 82 valence electrons. The molecule has 0 aliphatic heterocycles. The molecule has 0 radical (unpaired) electrons. The average molecular weight is 195 g/mol. The maximum atomic E-state index is 3.57. The molecule has 1 N–H and O–H groups in total. The second-order valence-electron chi connectivity index (χ2n) is 3.73. The lowest BCUT2D eigenvalue weighted by Crippen LogP contribution is -2.28. The van der Waals surface area contributed by atoms with E-state index < -0.39 is 0 Å². The van der Waals surface area contributed by atoms with Gasteiger partial charge in [-0.25, -0.2) is 0 Å². The summed E-state index contributed by atoms with van der Waals surface area (Å²) >= 11 is 0. The molecule has 0 bridgehead atoms. The summed E-state index contributed by atoms with van der Waals surface area (Å²) in [7, 11) is 0. The van der Waals surface area contributed by atoms with Gasteiger partial charge in [-0.2, -0.15) is 0 Å². The Morgan fingerprint density at radius 3 is 2.57 bits per heavy atom. The number of rotatable bonds is 8. The molecule has 0 aliphatic carbocycles. The fourth-order valence-corrected chi connectivity index (χ4v) is 1.53. The number of unbranched alkanes of at least 4 members (excludes halogenated alkanes) is 2. The molecule has 0 aromatic heterocycles. The summed E-state index contributed by atoms with van der Waals surface area (Å²) in [6.45, 7) is 7.56. The maximum Gasteiger partial charge on any atom is 0.00885 e. The fraction of sp³-hybridized carbons (Fsp3) is 0.846. The minimum Gasteiger partial charge on any atom is -0.314 e. The molecule has 0 fully saturated rings. The highest BCUT2D eigenvalue weighted by atomic mass is 14.9. The first-order valence-electron chi connectivity index (χ1n) is 5.98. The molecule has 1 atom stereocenters. The van der Waals surface area contributed by atoms with Crippen LogP contribution in [0.25, 0.3) is 0 Å². The van der Waals surface area contributed by atoms with E-state index >= 15 is 0 Å².